The first-order valence-electron chi connectivity index (χ1n) is 8.80. The highest BCUT2D eigenvalue weighted by molar-refractivity contribution is 5.96. The van der Waals surface area contributed by atoms with Crippen molar-refractivity contribution < 1.29 is 14.1 Å². The number of aryl methyl sites for hydroxylation is 2. The van der Waals surface area contributed by atoms with E-state index in [2.05, 4.69) is 15.4 Å². The van der Waals surface area contributed by atoms with Gasteiger partial charge in [-0.1, -0.05) is 5.16 Å². The topological polar surface area (TPSA) is 81.4 Å². The van der Waals surface area contributed by atoms with Crippen LogP contribution in [0, 0.1) is 19.8 Å². The van der Waals surface area contributed by atoms with Crippen molar-refractivity contribution in [2.45, 2.75) is 39.0 Å². The number of ether oxygens (including phenoxy) is 1. The lowest BCUT2D eigenvalue weighted by Crippen LogP contribution is -2.30. The van der Waals surface area contributed by atoms with Gasteiger partial charge in [-0.15, -0.1) is 5.10 Å². The summed E-state index contributed by atoms with van der Waals surface area (Å²) in [6.45, 7) is 5.51. The second kappa shape index (κ2) is 6.46. The first-order chi connectivity index (χ1) is 12.1. The van der Waals surface area contributed by atoms with E-state index in [1.54, 1.807) is 13.8 Å². The third kappa shape index (κ3) is 3.36. The molecule has 1 atom stereocenters. The van der Waals surface area contributed by atoms with Crippen LogP contribution >= 0.6 is 0 Å². The van der Waals surface area contributed by atoms with Gasteiger partial charge in [0.25, 0.3) is 5.91 Å². The maximum atomic E-state index is 12.6. The second-order valence-electron chi connectivity index (χ2n) is 6.99. The van der Waals surface area contributed by atoms with Crippen LogP contribution in [-0.2, 0) is 0 Å². The van der Waals surface area contributed by atoms with E-state index >= 15 is 0 Å². The fraction of sp³-hybridized carbons (Fsp3) is 0.556. The Labute approximate surface area is 146 Å². The standard InChI is InChI=1S/C18H22N4O3/c1-11-17(12(2)25-21-11)18(23)22-8-7-13(9-22)10-24-16-6-5-15(19-20-16)14-3-4-14/h5-6,13-14H,3-4,7-10H2,1-2H3. The van der Waals surface area contributed by atoms with E-state index in [4.69, 9.17) is 9.26 Å². The van der Waals surface area contributed by atoms with E-state index in [0.29, 0.717) is 47.9 Å². The summed E-state index contributed by atoms with van der Waals surface area (Å²) in [5.41, 5.74) is 2.29. The van der Waals surface area contributed by atoms with Gasteiger partial charge in [-0.05, 0) is 39.2 Å². The van der Waals surface area contributed by atoms with Crippen LogP contribution in [0.2, 0.25) is 0 Å². The van der Waals surface area contributed by atoms with Gasteiger partial charge < -0.3 is 14.2 Å². The molecule has 1 aliphatic carbocycles. The minimum absolute atomic E-state index is 0.00710. The number of rotatable bonds is 5. The molecule has 1 unspecified atom stereocenters. The van der Waals surface area contributed by atoms with Gasteiger partial charge in [0.2, 0.25) is 5.88 Å². The van der Waals surface area contributed by atoms with Crippen LogP contribution in [0.5, 0.6) is 5.88 Å². The smallest absolute Gasteiger partial charge is 0.259 e. The van der Waals surface area contributed by atoms with E-state index in [9.17, 15) is 4.79 Å². The fourth-order valence-corrected chi connectivity index (χ4v) is 3.31. The molecule has 2 aromatic rings. The predicted molar refractivity (Wildman–Crippen MR) is 89.5 cm³/mol. The van der Waals surface area contributed by atoms with Crippen LogP contribution in [0.15, 0.2) is 16.7 Å². The number of hydrogen-bond donors (Lipinski definition) is 0. The number of aromatic nitrogens is 3. The van der Waals surface area contributed by atoms with Crippen molar-refractivity contribution in [2.24, 2.45) is 5.92 Å². The summed E-state index contributed by atoms with van der Waals surface area (Å²) >= 11 is 0. The number of likely N-dealkylation sites (tertiary alicyclic amines) is 1. The minimum Gasteiger partial charge on any atom is -0.476 e. The molecule has 2 fully saturated rings. The largest absolute Gasteiger partial charge is 0.476 e. The number of hydrogen-bond acceptors (Lipinski definition) is 6. The summed E-state index contributed by atoms with van der Waals surface area (Å²) in [5, 5.41) is 12.2. The van der Waals surface area contributed by atoms with Crippen molar-refractivity contribution >= 4 is 5.91 Å². The Morgan fingerprint density at radius 3 is 2.76 bits per heavy atom. The highest BCUT2D eigenvalue weighted by Crippen LogP contribution is 2.38. The van der Waals surface area contributed by atoms with Crippen LogP contribution in [0.25, 0.3) is 0 Å². The highest BCUT2D eigenvalue weighted by Gasteiger charge is 2.30. The van der Waals surface area contributed by atoms with E-state index in [1.165, 1.54) is 12.8 Å². The zero-order chi connectivity index (χ0) is 17.4. The maximum absolute atomic E-state index is 12.6. The molecule has 3 heterocycles. The normalized spacial score (nSPS) is 20.1. The average Bonchev–Trinajstić information content (AvgIpc) is 3.27. The summed E-state index contributed by atoms with van der Waals surface area (Å²) in [4.78, 5) is 14.5. The number of nitrogens with zero attached hydrogens (tertiary/aromatic N) is 4. The summed E-state index contributed by atoms with van der Waals surface area (Å²) in [6.07, 6.45) is 3.35. The molecule has 0 N–H and O–H groups in total. The predicted octanol–water partition coefficient (Wildman–Crippen LogP) is 2.50. The monoisotopic (exact) mass is 342 g/mol. The molecule has 0 radical (unpaired) electrons. The lowest BCUT2D eigenvalue weighted by Gasteiger charge is -2.16. The average molecular weight is 342 g/mol. The van der Waals surface area contributed by atoms with Gasteiger partial charge in [0.15, 0.2) is 0 Å². The molecular formula is C18H22N4O3. The van der Waals surface area contributed by atoms with Crippen molar-refractivity contribution in [1.82, 2.24) is 20.3 Å². The molecule has 0 bridgehead atoms. The Kier molecular flexibility index (Phi) is 4.15. The molecule has 25 heavy (non-hydrogen) atoms. The fourth-order valence-electron chi connectivity index (χ4n) is 3.31. The molecule has 2 aliphatic rings. The number of carbonyl (C=O) groups excluding carboxylic acids is 1. The summed E-state index contributed by atoms with van der Waals surface area (Å²) < 4.78 is 10.9. The van der Waals surface area contributed by atoms with Gasteiger partial charge in [-0.25, -0.2) is 0 Å². The van der Waals surface area contributed by atoms with Crippen molar-refractivity contribution in [1.29, 1.82) is 0 Å². The zero-order valence-corrected chi connectivity index (χ0v) is 14.6. The van der Waals surface area contributed by atoms with Crippen LogP contribution in [0.4, 0.5) is 0 Å². The molecule has 7 nitrogen and oxygen atoms in total. The van der Waals surface area contributed by atoms with Gasteiger partial charge >= 0.3 is 0 Å². The molecule has 4 rings (SSSR count). The quantitative estimate of drug-likeness (QED) is 0.830. The highest BCUT2D eigenvalue weighted by atomic mass is 16.5. The van der Waals surface area contributed by atoms with Crippen molar-refractivity contribution in [3.05, 3.63) is 34.8 Å². The van der Waals surface area contributed by atoms with Gasteiger partial charge in [0, 0.05) is 31.0 Å². The molecular weight excluding hydrogens is 320 g/mol. The first kappa shape index (κ1) is 16.1. The van der Waals surface area contributed by atoms with Crippen LogP contribution in [-0.4, -0.2) is 45.9 Å². The van der Waals surface area contributed by atoms with Crippen molar-refractivity contribution in [3.63, 3.8) is 0 Å². The van der Waals surface area contributed by atoms with E-state index in [-0.39, 0.29) is 5.91 Å². The van der Waals surface area contributed by atoms with Crippen LogP contribution < -0.4 is 4.74 Å². The van der Waals surface area contributed by atoms with E-state index in [0.717, 1.165) is 18.7 Å². The van der Waals surface area contributed by atoms with Crippen LogP contribution in [0.1, 0.15) is 52.7 Å². The molecule has 132 valence electrons. The Bertz CT molecular complexity index is 748. The molecule has 1 saturated heterocycles. The molecule has 2 aromatic heterocycles. The third-order valence-electron chi connectivity index (χ3n) is 4.94. The Balaban J connectivity index is 1.31. The molecule has 0 spiro atoms. The SMILES string of the molecule is Cc1noc(C)c1C(=O)N1CCC(COc2ccc(C3CC3)nn2)C1. The number of carbonyl (C=O) groups is 1. The van der Waals surface area contributed by atoms with E-state index in [1.807, 2.05) is 17.0 Å². The van der Waals surface area contributed by atoms with Crippen LogP contribution in [0.3, 0.4) is 0 Å². The third-order valence-corrected chi connectivity index (χ3v) is 4.94. The van der Waals surface area contributed by atoms with Gasteiger partial charge in [-0.2, -0.15) is 5.10 Å². The molecule has 1 saturated carbocycles. The Morgan fingerprint density at radius 2 is 2.12 bits per heavy atom. The molecule has 0 aromatic carbocycles. The Morgan fingerprint density at radius 1 is 1.28 bits per heavy atom. The first-order valence-corrected chi connectivity index (χ1v) is 8.80. The lowest BCUT2D eigenvalue weighted by molar-refractivity contribution is 0.0780. The lowest BCUT2D eigenvalue weighted by atomic mass is 10.1. The molecule has 1 amide bonds. The number of amides is 1. The Hall–Kier alpha value is -2.44. The van der Waals surface area contributed by atoms with Gasteiger partial charge in [0.05, 0.1) is 18.0 Å². The summed E-state index contributed by atoms with van der Waals surface area (Å²) in [5.74, 6) is 2.02. The zero-order valence-electron chi connectivity index (χ0n) is 14.6. The van der Waals surface area contributed by atoms with Gasteiger partial charge in [0.1, 0.15) is 11.3 Å². The second-order valence-corrected chi connectivity index (χ2v) is 6.99. The minimum atomic E-state index is -0.00710. The molecule has 7 heteroatoms. The summed E-state index contributed by atoms with van der Waals surface area (Å²) in [6, 6.07) is 3.89. The van der Waals surface area contributed by atoms with Gasteiger partial charge in [-0.3, -0.25) is 4.79 Å². The maximum Gasteiger partial charge on any atom is 0.259 e. The van der Waals surface area contributed by atoms with Crippen molar-refractivity contribution in [3.8, 4) is 5.88 Å². The van der Waals surface area contributed by atoms with E-state index < -0.39 is 0 Å². The van der Waals surface area contributed by atoms with Crippen molar-refractivity contribution in [2.75, 3.05) is 19.7 Å². The summed E-state index contributed by atoms with van der Waals surface area (Å²) in [7, 11) is 0. The molecule has 1 aliphatic heterocycles.